The molecule has 1 unspecified atom stereocenters. The number of nitrogens with zero attached hydrogens (tertiary/aromatic N) is 1. The molecule has 9 heteroatoms. The molecule has 0 radical (unpaired) electrons. The summed E-state index contributed by atoms with van der Waals surface area (Å²) < 4.78 is 62.8. The van der Waals surface area contributed by atoms with E-state index in [9.17, 15) is 21.6 Å². The highest BCUT2D eigenvalue weighted by atomic mass is 79.9. The average Bonchev–Trinajstić information content (AvgIpc) is 2.25. The quantitative estimate of drug-likeness (QED) is 0.904. The first-order valence-electron chi connectivity index (χ1n) is 4.85. The van der Waals surface area contributed by atoms with Gasteiger partial charge in [-0.2, -0.15) is 18.4 Å². The van der Waals surface area contributed by atoms with Crippen LogP contribution in [-0.2, 0) is 16.2 Å². The van der Waals surface area contributed by atoms with Crippen LogP contribution in [0.4, 0.5) is 18.9 Å². The van der Waals surface area contributed by atoms with Gasteiger partial charge in [0, 0.05) is 4.47 Å². The first-order chi connectivity index (χ1) is 8.56. The number of sulfonamides is 1. The molecule has 0 fully saturated rings. The second-order valence-corrected chi connectivity index (χ2v) is 6.56. The molecular formula is C10H8BrF3N2O2S. The maximum atomic E-state index is 12.6. The van der Waals surface area contributed by atoms with E-state index in [1.807, 2.05) is 4.72 Å². The summed E-state index contributed by atoms with van der Waals surface area (Å²) in [5.74, 6) is 0. The van der Waals surface area contributed by atoms with Gasteiger partial charge in [-0.25, -0.2) is 8.42 Å². The number of alkyl halides is 3. The van der Waals surface area contributed by atoms with Gasteiger partial charge in [0.2, 0.25) is 10.0 Å². The summed E-state index contributed by atoms with van der Waals surface area (Å²) in [5.41, 5.74) is -1.26. The molecule has 19 heavy (non-hydrogen) atoms. The fraction of sp³-hybridized carbons (Fsp3) is 0.300. The second-order valence-electron chi connectivity index (χ2n) is 3.64. The Morgan fingerprint density at radius 1 is 1.37 bits per heavy atom. The monoisotopic (exact) mass is 356 g/mol. The van der Waals surface area contributed by atoms with E-state index in [-0.39, 0.29) is 10.2 Å². The minimum atomic E-state index is -4.59. The van der Waals surface area contributed by atoms with E-state index in [2.05, 4.69) is 15.9 Å². The van der Waals surface area contributed by atoms with Crippen molar-refractivity contribution in [3.05, 3.63) is 28.2 Å². The Morgan fingerprint density at radius 3 is 2.42 bits per heavy atom. The summed E-state index contributed by atoms with van der Waals surface area (Å²) >= 11 is 2.87. The van der Waals surface area contributed by atoms with Crippen molar-refractivity contribution in [3.8, 4) is 6.07 Å². The van der Waals surface area contributed by atoms with Gasteiger partial charge in [-0.05, 0) is 25.1 Å². The largest absolute Gasteiger partial charge is 0.416 e. The minimum absolute atomic E-state index is 0.0737. The van der Waals surface area contributed by atoms with Crippen LogP contribution in [0.25, 0.3) is 0 Å². The molecule has 104 valence electrons. The average molecular weight is 357 g/mol. The number of hydrogen-bond acceptors (Lipinski definition) is 3. The standard InChI is InChI=1S/C10H8BrF3N2O2S/c1-6(5-15)19(17,18)16-9-3-7(10(12,13)14)2-8(11)4-9/h2-4,6,16H,1H3. The molecule has 0 aliphatic heterocycles. The van der Waals surface area contributed by atoms with Crippen molar-refractivity contribution >= 4 is 31.6 Å². The molecule has 1 atom stereocenters. The Balaban J connectivity index is 3.18. The van der Waals surface area contributed by atoms with Crippen molar-refractivity contribution in [1.29, 1.82) is 5.26 Å². The lowest BCUT2D eigenvalue weighted by atomic mass is 10.2. The molecule has 1 N–H and O–H groups in total. The van der Waals surface area contributed by atoms with Crippen LogP contribution < -0.4 is 4.72 Å². The summed E-state index contributed by atoms with van der Waals surface area (Å²) in [5, 5.41) is 7.15. The van der Waals surface area contributed by atoms with Crippen molar-refractivity contribution in [1.82, 2.24) is 0 Å². The summed E-state index contributed by atoms with van der Waals surface area (Å²) in [4.78, 5) is 0. The first kappa shape index (κ1) is 15.8. The Kier molecular flexibility index (Phi) is 4.47. The lowest BCUT2D eigenvalue weighted by molar-refractivity contribution is -0.137. The zero-order chi connectivity index (χ0) is 14.8. The van der Waals surface area contributed by atoms with Crippen LogP contribution in [-0.4, -0.2) is 13.7 Å². The van der Waals surface area contributed by atoms with Crippen molar-refractivity contribution in [3.63, 3.8) is 0 Å². The Morgan fingerprint density at radius 2 is 1.95 bits per heavy atom. The molecule has 1 aromatic rings. The predicted molar refractivity (Wildman–Crippen MR) is 66.8 cm³/mol. The third-order valence-corrected chi connectivity index (χ3v) is 4.15. The van der Waals surface area contributed by atoms with E-state index in [1.165, 1.54) is 12.1 Å². The molecule has 0 heterocycles. The number of halogens is 4. The van der Waals surface area contributed by atoms with E-state index in [0.717, 1.165) is 13.0 Å². The number of nitrogens with one attached hydrogen (secondary N) is 1. The van der Waals surface area contributed by atoms with Gasteiger partial charge in [-0.15, -0.1) is 0 Å². The molecule has 0 aliphatic carbocycles. The molecule has 0 aliphatic rings. The lowest BCUT2D eigenvalue weighted by Crippen LogP contribution is -2.24. The zero-order valence-corrected chi connectivity index (χ0v) is 11.9. The van der Waals surface area contributed by atoms with Crippen molar-refractivity contribution in [2.45, 2.75) is 18.3 Å². The van der Waals surface area contributed by atoms with Gasteiger partial charge in [0.15, 0.2) is 5.25 Å². The third-order valence-electron chi connectivity index (χ3n) is 2.13. The third kappa shape index (κ3) is 4.11. The molecule has 0 amide bonds. The zero-order valence-electron chi connectivity index (χ0n) is 9.49. The molecule has 0 saturated carbocycles. The first-order valence-corrected chi connectivity index (χ1v) is 7.19. The minimum Gasteiger partial charge on any atom is -0.282 e. The van der Waals surface area contributed by atoms with Gasteiger partial charge in [0.25, 0.3) is 0 Å². The van der Waals surface area contributed by atoms with Gasteiger partial charge in [0.05, 0.1) is 17.3 Å². The fourth-order valence-electron chi connectivity index (χ4n) is 1.13. The van der Waals surface area contributed by atoms with Crippen LogP contribution in [0.15, 0.2) is 22.7 Å². The SMILES string of the molecule is CC(C#N)S(=O)(=O)Nc1cc(Br)cc(C(F)(F)F)c1. The topological polar surface area (TPSA) is 70.0 Å². The van der Waals surface area contributed by atoms with Gasteiger partial charge < -0.3 is 0 Å². The van der Waals surface area contributed by atoms with Crippen LogP contribution in [0.5, 0.6) is 0 Å². The Labute approximate surface area is 116 Å². The smallest absolute Gasteiger partial charge is 0.282 e. The van der Waals surface area contributed by atoms with Gasteiger partial charge in [-0.1, -0.05) is 15.9 Å². The highest BCUT2D eigenvalue weighted by Crippen LogP contribution is 2.33. The molecular weight excluding hydrogens is 349 g/mol. The number of benzene rings is 1. The highest BCUT2D eigenvalue weighted by molar-refractivity contribution is 9.10. The van der Waals surface area contributed by atoms with E-state index < -0.39 is 27.0 Å². The molecule has 0 spiro atoms. The summed E-state index contributed by atoms with van der Waals surface area (Å²) in [6.45, 7) is 1.13. The van der Waals surface area contributed by atoms with E-state index >= 15 is 0 Å². The second kappa shape index (κ2) is 5.38. The fourth-order valence-corrected chi connectivity index (χ4v) is 2.39. The molecule has 0 aromatic heterocycles. The molecule has 1 rings (SSSR count). The van der Waals surface area contributed by atoms with Crippen LogP contribution in [0, 0.1) is 11.3 Å². The molecule has 1 aromatic carbocycles. The maximum absolute atomic E-state index is 12.6. The normalized spacial score (nSPS) is 13.7. The molecule has 0 saturated heterocycles. The van der Waals surface area contributed by atoms with Crippen LogP contribution in [0.1, 0.15) is 12.5 Å². The Bertz CT molecular complexity index is 623. The summed E-state index contributed by atoms with van der Waals surface area (Å²) in [6.07, 6.45) is -4.59. The highest BCUT2D eigenvalue weighted by Gasteiger charge is 2.31. The summed E-state index contributed by atoms with van der Waals surface area (Å²) in [6, 6.07) is 4.16. The number of nitriles is 1. The number of hydrogen-bond donors (Lipinski definition) is 1. The van der Waals surface area contributed by atoms with Crippen molar-refractivity contribution < 1.29 is 21.6 Å². The molecule has 0 bridgehead atoms. The maximum Gasteiger partial charge on any atom is 0.416 e. The summed E-state index contributed by atoms with van der Waals surface area (Å²) in [7, 11) is -4.04. The van der Waals surface area contributed by atoms with E-state index in [0.29, 0.717) is 6.07 Å². The predicted octanol–water partition coefficient (Wildman–Crippen LogP) is 3.12. The van der Waals surface area contributed by atoms with E-state index in [1.54, 1.807) is 0 Å². The van der Waals surface area contributed by atoms with Crippen molar-refractivity contribution in [2.24, 2.45) is 0 Å². The van der Waals surface area contributed by atoms with Crippen LogP contribution in [0.2, 0.25) is 0 Å². The van der Waals surface area contributed by atoms with Crippen LogP contribution >= 0.6 is 15.9 Å². The van der Waals surface area contributed by atoms with Gasteiger partial charge in [0.1, 0.15) is 0 Å². The lowest BCUT2D eigenvalue weighted by Gasteiger charge is -2.13. The van der Waals surface area contributed by atoms with Gasteiger partial charge >= 0.3 is 6.18 Å². The molecule has 4 nitrogen and oxygen atoms in total. The van der Waals surface area contributed by atoms with Crippen LogP contribution in [0.3, 0.4) is 0 Å². The van der Waals surface area contributed by atoms with Crippen molar-refractivity contribution in [2.75, 3.05) is 4.72 Å². The number of anilines is 1. The van der Waals surface area contributed by atoms with Gasteiger partial charge in [-0.3, -0.25) is 4.72 Å². The number of rotatable bonds is 3. The Hall–Kier alpha value is -1.27. The van der Waals surface area contributed by atoms with E-state index in [4.69, 9.17) is 5.26 Å².